The Morgan fingerprint density at radius 1 is 1.33 bits per heavy atom. The van der Waals surface area contributed by atoms with Crippen LogP contribution in [0.15, 0.2) is 16.5 Å². The zero-order valence-corrected chi connectivity index (χ0v) is 9.33. The summed E-state index contributed by atoms with van der Waals surface area (Å²) in [6.45, 7) is 2.91. The van der Waals surface area contributed by atoms with Crippen LogP contribution in [0.3, 0.4) is 0 Å². The highest BCUT2D eigenvalue weighted by atomic mass is 16.3. The maximum absolute atomic E-state index is 5.56. The van der Waals surface area contributed by atoms with Crippen LogP contribution in [0.5, 0.6) is 0 Å². The topological polar surface area (TPSA) is 25.2 Å². The average Bonchev–Trinajstić information content (AvgIpc) is 2.90. The number of rotatable bonds is 3. The Morgan fingerprint density at radius 3 is 2.87 bits per heavy atom. The van der Waals surface area contributed by atoms with Crippen molar-refractivity contribution in [2.75, 3.05) is 0 Å². The molecule has 3 rings (SSSR count). The first-order chi connectivity index (χ1) is 7.31. The van der Waals surface area contributed by atoms with E-state index < -0.39 is 0 Å². The van der Waals surface area contributed by atoms with E-state index in [4.69, 9.17) is 4.42 Å². The Bertz CT molecular complexity index is 344. The molecular weight excluding hydrogens is 186 g/mol. The molecule has 0 saturated heterocycles. The number of fused-ring (bicyclic) bond motifs is 2. The predicted molar refractivity (Wildman–Crippen MR) is 59.5 cm³/mol. The maximum Gasteiger partial charge on any atom is 0.117 e. The molecule has 0 radical (unpaired) electrons. The second-order valence-electron chi connectivity index (χ2n) is 5.17. The van der Waals surface area contributed by atoms with Crippen molar-refractivity contribution in [1.29, 1.82) is 0 Å². The molecule has 0 aliphatic heterocycles. The highest BCUT2D eigenvalue weighted by Gasteiger charge is 2.38. The fourth-order valence-electron chi connectivity index (χ4n) is 3.31. The molecule has 0 aromatic carbocycles. The van der Waals surface area contributed by atoms with Gasteiger partial charge in [-0.25, -0.2) is 0 Å². The first-order valence-corrected chi connectivity index (χ1v) is 6.10. The van der Waals surface area contributed by atoms with E-state index in [0.29, 0.717) is 0 Å². The summed E-state index contributed by atoms with van der Waals surface area (Å²) >= 11 is 0. The summed E-state index contributed by atoms with van der Waals surface area (Å²) in [4.78, 5) is 0. The quantitative estimate of drug-likeness (QED) is 0.820. The highest BCUT2D eigenvalue weighted by molar-refractivity contribution is 5.06. The minimum absolute atomic E-state index is 0.758. The van der Waals surface area contributed by atoms with Gasteiger partial charge in [-0.2, -0.15) is 0 Å². The lowest BCUT2D eigenvalue weighted by Gasteiger charge is -2.22. The van der Waals surface area contributed by atoms with Gasteiger partial charge in [0.1, 0.15) is 11.5 Å². The highest BCUT2D eigenvalue weighted by Crippen LogP contribution is 2.44. The van der Waals surface area contributed by atoms with E-state index in [0.717, 1.165) is 35.9 Å². The molecule has 82 valence electrons. The lowest BCUT2D eigenvalue weighted by Crippen LogP contribution is -2.33. The van der Waals surface area contributed by atoms with Gasteiger partial charge in [-0.05, 0) is 50.2 Å². The number of hydrogen-bond acceptors (Lipinski definition) is 2. The summed E-state index contributed by atoms with van der Waals surface area (Å²) in [6, 6.07) is 4.88. The summed E-state index contributed by atoms with van der Waals surface area (Å²) < 4.78 is 5.56. The Balaban J connectivity index is 1.54. The Hall–Kier alpha value is -0.760. The number of hydrogen-bond donors (Lipinski definition) is 1. The molecule has 2 nitrogen and oxygen atoms in total. The Labute approximate surface area is 91.0 Å². The normalized spacial score (nSPS) is 33.8. The fourth-order valence-corrected chi connectivity index (χ4v) is 3.31. The average molecular weight is 205 g/mol. The van der Waals surface area contributed by atoms with Crippen molar-refractivity contribution in [2.45, 2.75) is 45.2 Å². The molecule has 1 N–H and O–H groups in total. The molecule has 2 bridgehead atoms. The summed E-state index contributed by atoms with van der Waals surface area (Å²) in [5.41, 5.74) is 0. The van der Waals surface area contributed by atoms with Crippen molar-refractivity contribution in [3.8, 4) is 0 Å². The van der Waals surface area contributed by atoms with E-state index in [1.807, 2.05) is 13.0 Å². The standard InChI is InChI=1S/C13H19NO/c1-9-2-5-12(15-9)8-14-13-7-10-3-4-11(13)6-10/h2,5,10-11,13-14H,3-4,6-8H2,1H3. The first kappa shape index (κ1) is 9.46. The van der Waals surface area contributed by atoms with Crippen LogP contribution in [-0.4, -0.2) is 6.04 Å². The van der Waals surface area contributed by atoms with Gasteiger partial charge in [0.2, 0.25) is 0 Å². The van der Waals surface area contributed by atoms with Crippen molar-refractivity contribution in [2.24, 2.45) is 11.8 Å². The molecule has 3 atom stereocenters. The third kappa shape index (κ3) is 1.83. The molecular formula is C13H19NO. The van der Waals surface area contributed by atoms with Crippen molar-refractivity contribution >= 4 is 0 Å². The van der Waals surface area contributed by atoms with Gasteiger partial charge in [-0.3, -0.25) is 0 Å². The van der Waals surface area contributed by atoms with Crippen LogP contribution < -0.4 is 5.32 Å². The molecule has 2 aliphatic carbocycles. The van der Waals surface area contributed by atoms with Crippen LogP contribution in [-0.2, 0) is 6.54 Å². The molecule has 1 aromatic rings. The van der Waals surface area contributed by atoms with Crippen molar-refractivity contribution < 1.29 is 4.42 Å². The summed E-state index contributed by atoms with van der Waals surface area (Å²) in [5, 5.41) is 3.65. The summed E-state index contributed by atoms with van der Waals surface area (Å²) in [6.07, 6.45) is 5.78. The zero-order valence-electron chi connectivity index (χ0n) is 9.33. The van der Waals surface area contributed by atoms with E-state index in [2.05, 4.69) is 11.4 Å². The monoisotopic (exact) mass is 205 g/mol. The summed E-state index contributed by atoms with van der Waals surface area (Å²) in [5.74, 6) is 4.06. The van der Waals surface area contributed by atoms with Crippen LogP contribution in [0.1, 0.15) is 37.2 Å². The Kier molecular flexibility index (Phi) is 2.32. The van der Waals surface area contributed by atoms with Crippen LogP contribution in [0, 0.1) is 18.8 Å². The molecule has 3 unspecified atom stereocenters. The molecule has 2 fully saturated rings. The minimum atomic E-state index is 0.758. The van der Waals surface area contributed by atoms with Crippen molar-refractivity contribution in [3.63, 3.8) is 0 Å². The molecule has 1 heterocycles. The van der Waals surface area contributed by atoms with Gasteiger partial charge in [-0.1, -0.05) is 6.42 Å². The molecule has 0 spiro atoms. The lowest BCUT2D eigenvalue weighted by molar-refractivity contribution is 0.336. The van der Waals surface area contributed by atoms with Gasteiger partial charge in [0, 0.05) is 6.04 Å². The van der Waals surface area contributed by atoms with E-state index in [-0.39, 0.29) is 0 Å². The predicted octanol–water partition coefficient (Wildman–Crippen LogP) is 2.87. The maximum atomic E-state index is 5.56. The number of furan rings is 1. The van der Waals surface area contributed by atoms with Crippen LogP contribution in [0.25, 0.3) is 0 Å². The lowest BCUT2D eigenvalue weighted by atomic mass is 9.95. The van der Waals surface area contributed by atoms with E-state index in [9.17, 15) is 0 Å². The molecule has 2 saturated carbocycles. The van der Waals surface area contributed by atoms with Gasteiger partial charge in [0.05, 0.1) is 6.54 Å². The summed E-state index contributed by atoms with van der Waals surface area (Å²) in [7, 11) is 0. The molecule has 2 heteroatoms. The first-order valence-electron chi connectivity index (χ1n) is 6.10. The number of nitrogens with one attached hydrogen (secondary N) is 1. The largest absolute Gasteiger partial charge is 0.465 e. The Morgan fingerprint density at radius 2 is 2.27 bits per heavy atom. The second kappa shape index (κ2) is 3.67. The molecule has 15 heavy (non-hydrogen) atoms. The number of aryl methyl sites for hydroxylation is 1. The SMILES string of the molecule is Cc1ccc(CNC2CC3CCC2C3)o1. The van der Waals surface area contributed by atoms with Crippen molar-refractivity contribution in [3.05, 3.63) is 23.7 Å². The van der Waals surface area contributed by atoms with Gasteiger partial charge < -0.3 is 9.73 Å². The molecule has 1 aromatic heterocycles. The fraction of sp³-hybridized carbons (Fsp3) is 0.692. The molecule has 0 amide bonds. The smallest absolute Gasteiger partial charge is 0.117 e. The zero-order chi connectivity index (χ0) is 10.3. The molecule has 2 aliphatic rings. The minimum Gasteiger partial charge on any atom is -0.465 e. The van der Waals surface area contributed by atoms with Crippen LogP contribution in [0.4, 0.5) is 0 Å². The van der Waals surface area contributed by atoms with Gasteiger partial charge in [0.25, 0.3) is 0 Å². The van der Waals surface area contributed by atoms with Gasteiger partial charge in [-0.15, -0.1) is 0 Å². The van der Waals surface area contributed by atoms with E-state index in [1.165, 1.54) is 25.7 Å². The van der Waals surface area contributed by atoms with Gasteiger partial charge in [0.15, 0.2) is 0 Å². The van der Waals surface area contributed by atoms with E-state index >= 15 is 0 Å². The third-order valence-electron chi connectivity index (χ3n) is 4.07. The second-order valence-corrected chi connectivity index (χ2v) is 5.17. The van der Waals surface area contributed by atoms with Crippen LogP contribution in [0.2, 0.25) is 0 Å². The van der Waals surface area contributed by atoms with Crippen LogP contribution >= 0.6 is 0 Å². The van der Waals surface area contributed by atoms with E-state index in [1.54, 1.807) is 0 Å². The third-order valence-corrected chi connectivity index (χ3v) is 4.07. The van der Waals surface area contributed by atoms with Gasteiger partial charge >= 0.3 is 0 Å². The van der Waals surface area contributed by atoms with Crippen molar-refractivity contribution in [1.82, 2.24) is 5.32 Å².